The number of aromatic nitrogens is 2. The van der Waals surface area contributed by atoms with Crippen LogP contribution in [0, 0.1) is 6.92 Å². The standard InChI is InChI=1S/C13H16ClN5/c1-8-10(15-2)5-4-6-11(8)18-13-17-7-9(14)12(16-3)19-13/h4-7,15H,1-3H3,(H2,16,17,18,19). The zero-order valence-corrected chi connectivity index (χ0v) is 11.8. The van der Waals surface area contributed by atoms with Gasteiger partial charge >= 0.3 is 0 Å². The van der Waals surface area contributed by atoms with Gasteiger partial charge in [-0.25, -0.2) is 4.98 Å². The van der Waals surface area contributed by atoms with Crippen molar-refractivity contribution in [2.24, 2.45) is 0 Å². The van der Waals surface area contributed by atoms with E-state index in [0.717, 1.165) is 16.9 Å². The van der Waals surface area contributed by atoms with E-state index < -0.39 is 0 Å². The molecule has 2 rings (SSSR count). The van der Waals surface area contributed by atoms with Gasteiger partial charge < -0.3 is 16.0 Å². The molecule has 0 fully saturated rings. The summed E-state index contributed by atoms with van der Waals surface area (Å²) in [4.78, 5) is 8.46. The number of anilines is 4. The van der Waals surface area contributed by atoms with Gasteiger partial charge in [-0.1, -0.05) is 17.7 Å². The fraction of sp³-hybridized carbons (Fsp3) is 0.231. The Balaban J connectivity index is 2.31. The lowest BCUT2D eigenvalue weighted by Crippen LogP contribution is -2.03. The fourth-order valence-corrected chi connectivity index (χ4v) is 1.95. The van der Waals surface area contributed by atoms with Crippen LogP contribution in [0.15, 0.2) is 24.4 Å². The van der Waals surface area contributed by atoms with Crippen LogP contribution < -0.4 is 16.0 Å². The molecular formula is C13H16ClN5. The lowest BCUT2D eigenvalue weighted by atomic mass is 10.1. The monoisotopic (exact) mass is 277 g/mol. The normalized spacial score (nSPS) is 10.1. The Bertz CT molecular complexity index is 585. The molecule has 1 aromatic heterocycles. The molecule has 0 aliphatic heterocycles. The second kappa shape index (κ2) is 5.75. The zero-order valence-electron chi connectivity index (χ0n) is 11.1. The van der Waals surface area contributed by atoms with Crippen LogP contribution in [0.4, 0.5) is 23.1 Å². The summed E-state index contributed by atoms with van der Waals surface area (Å²) >= 11 is 5.95. The Morgan fingerprint density at radius 2 is 1.84 bits per heavy atom. The van der Waals surface area contributed by atoms with E-state index in [2.05, 4.69) is 25.9 Å². The second-order valence-corrected chi connectivity index (χ2v) is 4.40. The third-order valence-corrected chi connectivity index (χ3v) is 3.11. The van der Waals surface area contributed by atoms with E-state index >= 15 is 0 Å². The molecule has 0 aliphatic carbocycles. The van der Waals surface area contributed by atoms with Crippen molar-refractivity contribution in [1.29, 1.82) is 0 Å². The van der Waals surface area contributed by atoms with E-state index in [4.69, 9.17) is 11.6 Å². The highest BCUT2D eigenvalue weighted by Crippen LogP contribution is 2.26. The molecule has 0 saturated carbocycles. The Labute approximate surface area is 117 Å². The van der Waals surface area contributed by atoms with Crippen molar-refractivity contribution in [1.82, 2.24) is 9.97 Å². The lowest BCUT2D eigenvalue weighted by molar-refractivity contribution is 1.15. The fourth-order valence-electron chi connectivity index (χ4n) is 1.77. The van der Waals surface area contributed by atoms with Gasteiger partial charge in [-0.15, -0.1) is 0 Å². The molecule has 19 heavy (non-hydrogen) atoms. The van der Waals surface area contributed by atoms with Crippen molar-refractivity contribution in [3.05, 3.63) is 35.0 Å². The van der Waals surface area contributed by atoms with Crippen LogP contribution in [0.3, 0.4) is 0 Å². The van der Waals surface area contributed by atoms with Gasteiger partial charge in [0.25, 0.3) is 0 Å². The molecule has 3 N–H and O–H groups in total. The van der Waals surface area contributed by atoms with Crippen molar-refractivity contribution >= 4 is 34.7 Å². The van der Waals surface area contributed by atoms with E-state index in [-0.39, 0.29) is 0 Å². The summed E-state index contributed by atoms with van der Waals surface area (Å²) in [5.74, 6) is 1.10. The van der Waals surface area contributed by atoms with Gasteiger partial charge in [-0.05, 0) is 24.6 Å². The van der Waals surface area contributed by atoms with Gasteiger partial charge in [0, 0.05) is 25.5 Å². The maximum atomic E-state index is 5.95. The van der Waals surface area contributed by atoms with Gasteiger partial charge in [0.1, 0.15) is 10.8 Å². The summed E-state index contributed by atoms with van der Waals surface area (Å²) in [6.07, 6.45) is 1.57. The highest BCUT2D eigenvalue weighted by atomic mass is 35.5. The molecule has 0 atom stereocenters. The lowest BCUT2D eigenvalue weighted by Gasteiger charge is -2.12. The van der Waals surface area contributed by atoms with Gasteiger partial charge in [0.05, 0.1) is 6.20 Å². The Morgan fingerprint density at radius 1 is 1.11 bits per heavy atom. The predicted octanol–water partition coefficient (Wildman–Crippen LogP) is 3.27. The van der Waals surface area contributed by atoms with Gasteiger partial charge in [0.2, 0.25) is 5.95 Å². The van der Waals surface area contributed by atoms with Crippen molar-refractivity contribution in [3.63, 3.8) is 0 Å². The second-order valence-electron chi connectivity index (χ2n) is 3.99. The molecule has 1 heterocycles. The molecule has 0 spiro atoms. The number of nitrogens with one attached hydrogen (secondary N) is 3. The summed E-state index contributed by atoms with van der Waals surface area (Å²) in [5, 5.41) is 9.74. The Hall–Kier alpha value is -2.01. The first-order valence-electron chi connectivity index (χ1n) is 5.90. The molecule has 0 aliphatic rings. The summed E-state index contributed by atoms with van der Waals surface area (Å²) in [6, 6.07) is 5.96. The molecule has 2 aromatic rings. The van der Waals surface area contributed by atoms with Crippen LogP contribution in [0.25, 0.3) is 0 Å². The molecule has 1 aromatic carbocycles. The number of nitrogens with zero attached hydrogens (tertiary/aromatic N) is 2. The molecule has 0 unspecified atom stereocenters. The highest BCUT2D eigenvalue weighted by Gasteiger charge is 2.07. The topological polar surface area (TPSA) is 61.9 Å². The van der Waals surface area contributed by atoms with Gasteiger partial charge in [0.15, 0.2) is 0 Å². The van der Waals surface area contributed by atoms with E-state index in [0.29, 0.717) is 16.8 Å². The molecule has 100 valence electrons. The van der Waals surface area contributed by atoms with Gasteiger partial charge in [-0.2, -0.15) is 4.98 Å². The van der Waals surface area contributed by atoms with Crippen LogP contribution in [0.2, 0.25) is 5.02 Å². The minimum Gasteiger partial charge on any atom is -0.388 e. The summed E-state index contributed by atoms with van der Waals surface area (Å²) in [6.45, 7) is 2.03. The Kier molecular flexibility index (Phi) is 4.06. The Morgan fingerprint density at radius 3 is 2.53 bits per heavy atom. The number of hydrogen-bond donors (Lipinski definition) is 3. The first kappa shape index (κ1) is 13.4. The highest BCUT2D eigenvalue weighted by molar-refractivity contribution is 6.32. The van der Waals surface area contributed by atoms with E-state index in [1.807, 2.05) is 32.2 Å². The van der Waals surface area contributed by atoms with E-state index in [1.54, 1.807) is 13.2 Å². The van der Waals surface area contributed by atoms with Crippen molar-refractivity contribution in [3.8, 4) is 0 Å². The van der Waals surface area contributed by atoms with Crippen LogP contribution in [-0.4, -0.2) is 24.1 Å². The first-order chi connectivity index (χ1) is 9.15. The molecule has 6 heteroatoms. The average Bonchev–Trinajstić information content (AvgIpc) is 2.43. The predicted molar refractivity (Wildman–Crippen MR) is 80.6 cm³/mol. The minimum absolute atomic E-state index is 0.494. The van der Waals surface area contributed by atoms with Crippen molar-refractivity contribution in [2.75, 3.05) is 30.0 Å². The largest absolute Gasteiger partial charge is 0.388 e. The number of hydrogen-bond acceptors (Lipinski definition) is 5. The average molecular weight is 278 g/mol. The SMILES string of the molecule is CNc1cccc(Nc2ncc(Cl)c(NC)n2)c1C. The van der Waals surface area contributed by atoms with Crippen LogP contribution >= 0.6 is 11.6 Å². The zero-order chi connectivity index (χ0) is 13.8. The third kappa shape index (κ3) is 2.88. The number of halogens is 1. The number of benzene rings is 1. The van der Waals surface area contributed by atoms with Gasteiger partial charge in [-0.3, -0.25) is 0 Å². The number of rotatable bonds is 4. The summed E-state index contributed by atoms with van der Waals surface area (Å²) in [7, 11) is 3.66. The molecule has 0 bridgehead atoms. The van der Waals surface area contributed by atoms with Crippen LogP contribution in [-0.2, 0) is 0 Å². The van der Waals surface area contributed by atoms with Crippen LogP contribution in [0.5, 0.6) is 0 Å². The van der Waals surface area contributed by atoms with E-state index in [9.17, 15) is 0 Å². The quantitative estimate of drug-likeness (QED) is 0.801. The minimum atomic E-state index is 0.494. The molecule has 0 amide bonds. The van der Waals surface area contributed by atoms with Crippen LogP contribution in [0.1, 0.15) is 5.56 Å². The third-order valence-electron chi connectivity index (χ3n) is 2.83. The maximum absolute atomic E-state index is 5.95. The molecule has 0 radical (unpaired) electrons. The van der Waals surface area contributed by atoms with Crippen molar-refractivity contribution in [2.45, 2.75) is 6.92 Å². The summed E-state index contributed by atoms with van der Waals surface area (Å²) in [5.41, 5.74) is 3.12. The molecule has 5 nitrogen and oxygen atoms in total. The first-order valence-corrected chi connectivity index (χ1v) is 6.28. The van der Waals surface area contributed by atoms with Crippen molar-refractivity contribution < 1.29 is 0 Å². The molecular weight excluding hydrogens is 262 g/mol. The maximum Gasteiger partial charge on any atom is 0.229 e. The molecule has 0 saturated heterocycles. The van der Waals surface area contributed by atoms with E-state index in [1.165, 1.54) is 0 Å². The smallest absolute Gasteiger partial charge is 0.229 e. The summed E-state index contributed by atoms with van der Waals surface area (Å²) < 4.78 is 0.